The van der Waals surface area contributed by atoms with Gasteiger partial charge in [0, 0.05) is 26.2 Å². The summed E-state index contributed by atoms with van der Waals surface area (Å²) in [5.74, 6) is -0.481. The number of aromatic nitrogens is 2. The average Bonchev–Trinajstić information content (AvgIpc) is 3.79. The van der Waals surface area contributed by atoms with Gasteiger partial charge in [-0.05, 0) is 48.8 Å². The van der Waals surface area contributed by atoms with Crippen LogP contribution in [0.5, 0.6) is 0 Å². The molecule has 1 aromatic carbocycles. The molecule has 5 amide bonds. The molecule has 3 heterocycles. The van der Waals surface area contributed by atoms with Crippen LogP contribution in [0.3, 0.4) is 0 Å². The van der Waals surface area contributed by atoms with Gasteiger partial charge in [-0.3, -0.25) is 14.4 Å². The number of amides is 5. The van der Waals surface area contributed by atoms with E-state index in [4.69, 9.17) is 9.72 Å². The number of imidazole rings is 1. The smallest absolute Gasteiger partial charge is 0.407 e. The van der Waals surface area contributed by atoms with E-state index in [0.29, 0.717) is 31.9 Å². The van der Waals surface area contributed by atoms with Crippen molar-refractivity contribution in [3.05, 3.63) is 29.6 Å². The number of hydrogen-bond acceptors (Lipinski definition) is 8. The highest BCUT2D eigenvalue weighted by atomic mass is 16.5. The summed E-state index contributed by atoms with van der Waals surface area (Å²) in [6, 6.07) is 4.02. The monoisotopic (exact) mass is 627 g/mol. The molecule has 2 aliphatic heterocycles. The molecule has 0 bridgehead atoms. The molecule has 14 nitrogen and oxygen atoms in total. The molecule has 246 valence electrons. The third-order valence-corrected chi connectivity index (χ3v) is 8.54. The summed E-state index contributed by atoms with van der Waals surface area (Å²) in [4.78, 5) is 74.6. The fourth-order valence-electron chi connectivity index (χ4n) is 5.94. The van der Waals surface area contributed by atoms with E-state index in [0.717, 1.165) is 29.4 Å². The van der Waals surface area contributed by atoms with Crippen LogP contribution < -0.4 is 16.0 Å². The predicted molar refractivity (Wildman–Crippen MR) is 165 cm³/mol. The molecule has 45 heavy (non-hydrogen) atoms. The molecule has 2 aromatic rings. The average molecular weight is 628 g/mol. The molecule has 14 heteroatoms. The molecule has 1 aromatic heterocycles. The number of carbonyl (C=O) groups is 5. The molecular formula is C31H45N7O7. The van der Waals surface area contributed by atoms with Crippen LogP contribution in [0.4, 0.5) is 9.59 Å². The van der Waals surface area contributed by atoms with E-state index in [1.165, 1.54) is 14.2 Å². The van der Waals surface area contributed by atoms with Crippen molar-refractivity contribution >= 4 is 40.9 Å². The molecular weight excluding hydrogens is 582 g/mol. The Bertz CT molecular complexity index is 1410. The summed E-state index contributed by atoms with van der Waals surface area (Å²) in [7, 11) is 2.52. The van der Waals surface area contributed by atoms with Gasteiger partial charge < -0.3 is 40.2 Å². The number of fused-ring (bicyclic) bond motifs is 1. The van der Waals surface area contributed by atoms with Crippen LogP contribution in [0.25, 0.3) is 11.0 Å². The first-order valence-corrected chi connectivity index (χ1v) is 15.5. The number of carbonyl (C=O) groups excluding carboxylic acids is 5. The van der Waals surface area contributed by atoms with Crippen molar-refractivity contribution in [1.29, 1.82) is 0 Å². The minimum Gasteiger partial charge on any atom is -0.453 e. The van der Waals surface area contributed by atoms with E-state index in [9.17, 15) is 24.0 Å². The lowest BCUT2D eigenvalue weighted by Crippen LogP contribution is -2.51. The normalized spacial score (nSPS) is 19.5. The highest BCUT2D eigenvalue weighted by Gasteiger charge is 2.38. The Kier molecular flexibility index (Phi) is 10.9. The van der Waals surface area contributed by atoms with Crippen molar-refractivity contribution in [2.45, 2.75) is 71.6 Å². The fraction of sp³-hybridized carbons (Fsp3) is 0.613. The third-order valence-electron chi connectivity index (χ3n) is 8.54. The maximum absolute atomic E-state index is 13.5. The van der Waals surface area contributed by atoms with Crippen molar-refractivity contribution in [2.75, 3.05) is 33.9 Å². The van der Waals surface area contributed by atoms with E-state index < -0.39 is 24.3 Å². The first-order chi connectivity index (χ1) is 21.4. The van der Waals surface area contributed by atoms with Gasteiger partial charge in [0.1, 0.15) is 17.9 Å². The number of benzene rings is 1. The Morgan fingerprint density at radius 3 is 2.20 bits per heavy atom. The molecule has 0 saturated carbocycles. The number of nitrogens with zero attached hydrogens (tertiary/aromatic N) is 3. The van der Waals surface area contributed by atoms with Crippen LogP contribution in [-0.2, 0) is 30.4 Å². The van der Waals surface area contributed by atoms with Crippen molar-refractivity contribution in [3.63, 3.8) is 0 Å². The van der Waals surface area contributed by atoms with Crippen LogP contribution in [0, 0.1) is 17.8 Å². The van der Waals surface area contributed by atoms with Crippen LogP contribution in [0.1, 0.15) is 64.4 Å². The molecule has 4 N–H and O–H groups in total. The van der Waals surface area contributed by atoms with Crippen LogP contribution in [0.2, 0.25) is 0 Å². The molecule has 0 spiro atoms. The lowest BCUT2D eigenvalue weighted by Gasteiger charge is -2.29. The molecule has 2 aliphatic rings. The number of H-pyrrole nitrogens is 1. The zero-order valence-corrected chi connectivity index (χ0v) is 26.8. The minimum absolute atomic E-state index is 0.125. The zero-order valence-electron chi connectivity index (χ0n) is 26.8. The number of nitrogens with one attached hydrogen (secondary N) is 4. The van der Waals surface area contributed by atoms with E-state index in [1.807, 2.05) is 45.9 Å². The van der Waals surface area contributed by atoms with Crippen LogP contribution in [-0.4, -0.2) is 95.6 Å². The lowest BCUT2D eigenvalue weighted by molar-refractivity contribution is -0.135. The first-order valence-electron chi connectivity index (χ1n) is 15.5. The second-order valence-electron chi connectivity index (χ2n) is 12.4. The van der Waals surface area contributed by atoms with Crippen LogP contribution in [0.15, 0.2) is 18.2 Å². The third kappa shape index (κ3) is 7.84. The van der Waals surface area contributed by atoms with Crippen molar-refractivity contribution in [2.24, 2.45) is 17.8 Å². The number of likely N-dealkylation sites (tertiary alicyclic amines) is 2. The first kappa shape index (κ1) is 33.5. The standard InChI is InChI=1S/C31H45N7O7/c1-17(2)24(35-30(42)44-5)28(40)37-13-11-20(16-37)27(39)32-15-19-9-10-21-22(14-19)34-26(33-21)23-8-7-12-38(23)29(41)25(18(3)4)36-31(43)45-6/h9-10,14,17-18,20,23-25H,7-8,11-13,15-16H2,1-6H3,(H,32,39)(H,33,34)(H,35,42)(H,36,43)/t20-,23-,24-,25-/m0/s1. The van der Waals surface area contributed by atoms with Gasteiger partial charge in [-0.1, -0.05) is 33.8 Å². The summed E-state index contributed by atoms with van der Waals surface area (Å²) >= 11 is 0. The molecule has 2 fully saturated rings. The SMILES string of the molecule is COC(=O)N[C@H](C(=O)N1CC[C@H](C(=O)NCc2ccc3nc([C@@H]4CCCN4C(=O)[C@@H](NC(=O)OC)C(C)C)[nH]c3c2)C1)C(C)C. The van der Waals surface area contributed by atoms with Gasteiger partial charge >= 0.3 is 12.2 Å². The van der Waals surface area contributed by atoms with Gasteiger partial charge in [0.25, 0.3) is 0 Å². The van der Waals surface area contributed by atoms with Crippen molar-refractivity contribution < 1.29 is 33.4 Å². The molecule has 4 rings (SSSR count). The lowest BCUT2D eigenvalue weighted by atomic mass is 10.0. The number of alkyl carbamates (subject to hydrolysis) is 2. The Morgan fingerprint density at radius 2 is 1.58 bits per heavy atom. The number of hydrogen-bond donors (Lipinski definition) is 4. The number of aromatic amines is 1. The quantitative estimate of drug-likeness (QED) is 0.311. The second kappa shape index (κ2) is 14.6. The van der Waals surface area contributed by atoms with E-state index >= 15 is 0 Å². The van der Waals surface area contributed by atoms with Gasteiger partial charge in [0.2, 0.25) is 17.7 Å². The molecule has 4 atom stereocenters. The number of rotatable bonds is 10. The van der Waals surface area contributed by atoms with Crippen LogP contribution >= 0.6 is 0 Å². The molecule has 0 radical (unpaired) electrons. The van der Waals surface area contributed by atoms with E-state index in [-0.39, 0.29) is 48.1 Å². The fourth-order valence-corrected chi connectivity index (χ4v) is 5.94. The van der Waals surface area contributed by atoms with E-state index in [2.05, 4.69) is 25.7 Å². The number of methoxy groups -OCH3 is 2. The highest BCUT2D eigenvalue weighted by Crippen LogP contribution is 2.33. The predicted octanol–water partition coefficient (Wildman–Crippen LogP) is 2.45. The summed E-state index contributed by atoms with van der Waals surface area (Å²) < 4.78 is 9.37. The van der Waals surface area contributed by atoms with Gasteiger partial charge in [-0.25, -0.2) is 14.6 Å². The minimum atomic E-state index is -0.729. The second-order valence-corrected chi connectivity index (χ2v) is 12.4. The van der Waals surface area contributed by atoms with Gasteiger partial charge in [0.05, 0.1) is 37.2 Å². The molecule has 2 saturated heterocycles. The number of ether oxygens (including phenoxy) is 2. The van der Waals surface area contributed by atoms with E-state index in [1.54, 1.807) is 9.80 Å². The Balaban J connectivity index is 1.37. The molecule has 0 aliphatic carbocycles. The largest absolute Gasteiger partial charge is 0.453 e. The summed E-state index contributed by atoms with van der Waals surface area (Å²) in [6.07, 6.45) is 0.784. The topological polar surface area (TPSA) is 175 Å². The zero-order chi connectivity index (χ0) is 32.8. The summed E-state index contributed by atoms with van der Waals surface area (Å²) in [5.41, 5.74) is 2.41. The van der Waals surface area contributed by atoms with Gasteiger partial charge in [-0.2, -0.15) is 0 Å². The van der Waals surface area contributed by atoms with Gasteiger partial charge in [-0.15, -0.1) is 0 Å². The Labute approximate surface area is 262 Å². The molecule has 0 unspecified atom stereocenters. The highest BCUT2D eigenvalue weighted by molar-refractivity contribution is 5.88. The Hall–Kier alpha value is -4.36. The maximum atomic E-state index is 13.5. The summed E-state index contributed by atoms with van der Waals surface area (Å²) in [6.45, 7) is 9.01. The van der Waals surface area contributed by atoms with Crippen molar-refractivity contribution in [1.82, 2.24) is 35.7 Å². The Morgan fingerprint density at radius 1 is 0.933 bits per heavy atom. The van der Waals surface area contributed by atoms with Gasteiger partial charge in [0.15, 0.2) is 0 Å². The summed E-state index contributed by atoms with van der Waals surface area (Å²) in [5, 5.41) is 8.24. The van der Waals surface area contributed by atoms with Crippen molar-refractivity contribution in [3.8, 4) is 0 Å². The maximum Gasteiger partial charge on any atom is 0.407 e.